The summed E-state index contributed by atoms with van der Waals surface area (Å²) in [5, 5.41) is 0. The van der Waals surface area contributed by atoms with Gasteiger partial charge in [-0.15, -0.1) is 0 Å². The van der Waals surface area contributed by atoms with Crippen molar-refractivity contribution in [3.63, 3.8) is 0 Å². The summed E-state index contributed by atoms with van der Waals surface area (Å²) in [5.41, 5.74) is 1.77. The number of carbonyl (C=O) groups excluding carboxylic acids is 2. The largest absolute Gasteiger partial charge is 0.311 e. The van der Waals surface area contributed by atoms with E-state index in [0.29, 0.717) is 16.5 Å². The van der Waals surface area contributed by atoms with Crippen LogP contribution in [0, 0.1) is 6.92 Å². The molecule has 0 saturated heterocycles. The summed E-state index contributed by atoms with van der Waals surface area (Å²) in [7, 11) is -3.99. The normalized spacial score (nSPS) is 15.1. The minimum Gasteiger partial charge on any atom is -0.311 e. The first-order valence-electron chi connectivity index (χ1n) is 7.89. The number of benzene rings is 2. The summed E-state index contributed by atoms with van der Waals surface area (Å²) in [5.74, 6) is -1.11. The highest BCUT2D eigenvalue weighted by Crippen LogP contribution is 2.30. The summed E-state index contributed by atoms with van der Waals surface area (Å²) < 4.78 is 25.8. The molecule has 25 heavy (non-hydrogen) atoms. The minimum absolute atomic E-state index is 0.0496. The van der Waals surface area contributed by atoms with Crippen molar-refractivity contribution in [2.24, 2.45) is 0 Å². The predicted octanol–water partition coefficient (Wildman–Crippen LogP) is 2.19. The second kappa shape index (κ2) is 6.33. The minimum atomic E-state index is -3.99. The number of amides is 2. The Hall–Kier alpha value is -2.67. The van der Waals surface area contributed by atoms with Crippen LogP contribution in [0.1, 0.15) is 22.8 Å². The van der Waals surface area contributed by atoms with Crippen LogP contribution >= 0.6 is 0 Å². The molecule has 0 spiro atoms. The number of hydrogen-bond donors (Lipinski definition) is 0. The Morgan fingerprint density at radius 2 is 1.84 bits per heavy atom. The lowest BCUT2D eigenvalue weighted by Crippen LogP contribution is -2.42. The highest BCUT2D eigenvalue weighted by molar-refractivity contribution is 7.90. The standard InChI is InChI=1S/C18H18N2O4S/c1-3-19(14-8-6-7-13(2)11-14)17(21)12-20-18(22)15-9-4-5-10-16(15)25(20,23)24/h4-11H,3,12H2,1-2H3. The zero-order valence-corrected chi connectivity index (χ0v) is 14.8. The molecule has 1 aliphatic rings. The fourth-order valence-corrected chi connectivity index (χ4v) is 4.41. The van der Waals surface area contributed by atoms with Gasteiger partial charge in [0, 0.05) is 12.2 Å². The first-order chi connectivity index (χ1) is 11.9. The number of anilines is 1. The van der Waals surface area contributed by atoms with Crippen molar-refractivity contribution in [3.05, 3.63) is 59.7 Å². The van der Waals surface area contributed by atoms with Crippen molar-refractivity contribution in [3.8, 4) is 0 Å². The molecule has 1 aliphatic heterocycles. The zero-order chi connectivity index (χ0) is 18.2. The quantitative estimate of drug-likeness (QED) is 0.840. The number of sulfonamides is 1. The topological polar surface area (TPSA) is 74.8 Å². The Kier molecular flexibility index (Phi) is 4.34. The SMILES string of the molecule is CCN(C(=O)CN1C(=O)c2ccccc2S1(=O)=O)c1cccc(C)c1. The highest BCUT2D eigenvalue weighted by atomic mass is 32.2. The van der Waals surface area contributed by atoms with Gasteiger partial charge in [0.2, 0.25) is 5.91 Å². The van der Waals surface area contributed by atoms with Gasteiger partial charge >= 0.3 is 0 Å². The molecule has 0 radical (unpaired) electrons. The van der Waals surface area contributed by atoms with Gasteiger partial charge < -0.3 is 4.90 Å². The summed E-state index contributed by atoms with van der Waals surface area (Å²) in [6.07, 6.45) is 0. The third-order valence-electron chi connectivity index (χ3n) is 4.12. The van der Waals surface area contributed by atoms with Crippen LogP contribution < -0.4 is 4.90 Å². The van der Waals surface area contributed by atoms with E-state index in [1.165, 1.54) is 17.0 Å². The second-order valence-corrected chi connectivity index (χ2v) is 7.62. The third kappa shape index (κ3) is 2.91. The predicted molar refractivity (Wildman–Crippen MR) is 93.9 cm³/mol. The second-order valence-electron chi connectivity index (χ2n) is 5.79. The number of carbonyl (C=O) groups is 2. The number of nitrogens with zero attached hydrogens (tertiary/aromatic N) is 2. The summed E-state index contributed by atoms with van der Waals surface area (Å²) >= 11 is 0. The molecule has 1 heterocycles. The molecular weight excluding hydrogens is 340 g/mol. The van der Waals surface area contributed by atoms with Crippen molar-refractivity contribution in [2.75, 3.05) is 18.0 Å². The number of likely N-dealkylation sites (N-methyl/N-ethyl adjacent to an activating group) is 1. The molecule has 0 saturated carbocycles. The Balaban J connectivity index is 1.89. The fraction of sp³-hybridized carbons (Fsp3) is 0.222. The van der Waals surface area contributed by atoms with Crippen LogP contribution in [0.15, 0.2) is 53.4 Å². The van der Waals surface area contributed by atoms with E-state index in [9.17, 15) is 18.0 Å². The van der Waals surface area contributed by atoms with E-state index in [2.05, 4.69) is 0 Å². The lowest BCUT2D eigenvalue weighted by atomic mass is 10.2. The molecule has 2 aromatic carbocycles. The van der Waals surface area contributed by atoms with Crippen LogP contribution in [0.2, 0.25) is 0 Å². The van der Waals surface area contributed by atoms with Crippen LogP contribution in [0.5, 0.6) is 0 Å². The van der Waals surface area contributed by atoms with Crippen molar-refractivity contribution in [2.45, 2.75) is 18.7 Å². The molecule has 6 nitrogen and oxygen atoms in total. The molecule has 130 valence electrons. The van der Waals surface area contributed by atoms with Crippen LogP contribution in [0.25, 0.3) is 0 Å². The van der Waals surface area contributed by atoms with Gasteiger partial charge in [-0.05, 0) is 43.7 Å². The molecule has 0 fully saturated rings. The fourth-order valence-electron chi connectivity index (χ4n) is 2.89. The van der Waals surface area contributed by atoms with Gasteiger partial charge in [-0.3, -0.25) is 9.59 Å². The van der Waals surface area contributed by atoms with Crippen molar-refractivity contribution in [1.29, 1.82) is 0 Å². The van der Waals surface area contributed by atoms with Gasteiger partial charge in [-0.2, -0.15) is 0 Å². The molecule has 0 bridgehead atoms. The van der Waals surface area contributed by atoms with Crippen LogP contribution in [-0.2, 0) is 14.8 Å². The number of aryl methyl sites for hydroxylation is 1. The molecule has 3 rings (SSSR count). The van der Waals surface area contributed by atoms with Gasteiger partial charge in [0.1, 0.15) is 11.4 Å². The van der Waals surface area contributed by atoms with Crippen LogP contribution in [0.4, 0.5) is 5.69 Å². The lowest BCUT2D eigenvalue weighted by Gasteiger charge is -2.24. The molecular formula is C18H18N2O4S. The number of rotatable bonds is 4. The van der Waals surface area contributed by atoms with Crippen molar-refractivity contribution in [1.82, 2.24) is 4.31 Å². The van der Waals surface area contributed by atoms with Crippen molar-refractivity contribution < 1.29 is 18.0 Å². The van der Waals surface area contributed by atoms with E-state index in [0.717, 1.165) is 5.56 Å². The van der Waals surface area contributed by atoms with Gasteiger partial charge in [0.15, 0.2) is 0 Å². The van der Waals surface area contributed by atoms with E-state index >= 15 is 0 Å². The Morgan fingerprint density at radius 1 is 1.12 bits per heavy atom. The molecule has 0 aromatic heterocycles. The van der Waals surface area contributed by atoms with E-state index in [-0.39, 0.29) is 10.5 Å². The average molecular weight is 358 g/mol. The Labute approximate surface area is 146 Å². The zero-order valence-electron chi connectivity index (χ0n) is 14.0. The number of hydrogen-bond acceptors (Lipinski definition) is 4. The summed E-state index contributed by atoms with van der Waals surface area (Å²) in [4.78, 5) is 26.5. The van der Waals surface area contributed by atoms with Gasteiger partial charge in [-0.1, -0.05) is 24.3 Å². The maximum Gasteiger partial charge on any atom is 0.269 e. The molecule has 7 heteroatoms. The maximum atomic E-state index is 12.7. The first kappa shape index (κ1) is 17.2. The molecule has 0 unspecified atom stereocenters. The van der Waals surface area contributed by atoms with E-state index in [1.54, 1.807) is 25.1 Å². The highest BCUT2D eigenvalue weighted by Gasteiger charge is 2.42. The van der Waals surface area contributed by atoms with Gasteiger partial charge in [0.25, 0.3) is 15.9 Å². The van der Waals surface area contributed by atoms with Crippen LogP contribution in [0.3, 0.4) is 0 Å². The van der Waals surface area contributed by atoms with E-state index in [4.69, 9.17) is 0 Å². The molecule has 2 aromatic rings. The third-order valence-corrected chi connectivity index (χ3v) is 5.91. The molecule has 2 amide bonds. The first-order valence-corrected chi connectivity index (χ1v) is 9.33. The number of fused-ring (bicyclic) bond motifs is 1. The summed E-state index contributed by atoms with van der Waals surface area (Å²) in [6.45, 7) is 3.57. The van der Waals surface area contributed by atoms with E-state index in [1.807, 2.05) is 25.1 Å². The van der Waals surface area contributed by atoms with Crippen LogP contribution in [-0.4, -0.2) is 37.6 Å². The summed E-state index contributed by atoms with van der Waals surface area (Å²) in [6, 6.07) is 13.4. The monoisotopic (exact) mass is 358 g/mol. The lowest BCUT2D eigenvalue weighted by molar-refractivity contribution is -0.118. The van der Waals surface area contributed by atoms with E-state index < -0.39 is 28.4 Å². The Bertz CT molecular complexity index is 953. The van der Waals surface area contributed by atoms with Crippen molar-refractivity contribution >= 4 is 27.5 Å². The molecule has 0 aliphatic carbocycles. The Morgan fingerprint density at radius 3 is 2.48 bits per heavy atom. The molecule has 0 atom stereocenters. The average Bonchev–Trinajstić information content (AvgIpc) is 2.77. The van der Waals surface area contributed by atoms with Gasteiger partial charge in [0.05, 0.1) is 5.56 Å². The van der Waals surface area contributed by atoms with Gasteiger partial charge in [-0.25, -0.2) is 12.7 Å². The smallest absolute Gasteiger partial charge is 0.269 e. The maximum absolute atomic E-state index is 12.7. The molecule has 0 N–H and O–H groups in total.